The molecule has 1 heterocycles. The molecule has 2 rings (SSSR count). The predicted octanol–water partition coefficient (Wildman–Crippen LogP) is 3.89. The van der Waals surface area contributed by atoms with Gasteiger partial charge < -0.3 is 10.0 Å². The molecule has 0 bridgehead atoms. The summed E-state index contributed by atoms with van der Waals surface area (Å²) in [5, 5.41) is 10.9. The Morgan fingerprint density at radius 3 is 2.27 bits per heavy atom. The Kier molecular flexibility index (Phi) is 7.10. The fourth-order valence-electron chi connectivity index (χ4n) is 2.60. The molecule has 0 aliphatic rings. The molecule has 0 saturated carbocycles. The number of aliphatic hydroxyl groups is 1. The minimum atomic E-state index is -3.75. The van der Waals surface area contributed by atoms with Crippen LogP contribution in [0.5, 0.6) is 0 Å². The molecule has 0 amide bonds. The number of rotatable bonds is 8. The topological polar surface area (TPSA) is 69.6 Å². The summed E-state index contributed by atoms with van der Waals surface area (Å²) in [4.78, 5) is 1.96. The highest BCUT2D eigenvalue weighted by Crippen LogP contribution is 2.30. The van der Waals surface area contributed by atoms with Crippen LogP contribution in [0.1, 0.15) is 31.9 Å². The standard InChI is InChI=1S/C18H25ClN2O3S2/c1-5-12(2)17(20-26(23,24)16-11-10-15(19)25-16)18(22)13-6-8-14(9-7-13)21(3)4/h6-12,17-18,20,22H,5H2,1-4H3/t12?,17-,18?/m0/s1. The number of aliphatic hydroxyl groups excluding tert-OH is 1. The average Bonchev–Trinajstić information content (AvgIpc) is 3.06. The van der Waals surface area contributed by atoms with Gasteiger partial charge in [-0.05, 0) is 35.7 Å². The van der Waals surface area contributed by atoms with E-state index in [0.717, 1.165) is 23.4 Å². The second kappa shape index (κ2) is 8.71. The van der Waals surface area contributed by atoms with Crippen molar-refractivity contribution in [3.8, 4) is 0 Å². The zero-order valence-corrected chi connectivity index (χ0v) is 17.7. The molecule has 2 aromatic rings. The fraction of sp³-hybridized carbons (Fsp3) is 0.444. The van der Waals surface area contributed by atoms with Crippen LogP contribution in [-0.2, 0) is 10.0 Å². The number of thiophene rings is 1. The maximum absolute atomic E-state index is 12.7. The third-order valence-corrected chi connectivity index (χ3v) is 7.64. The predicted molar refractivity (Wildman–Crippen MR) is 109 cm³/mol. The molecule has 0 aliphatic carbocycles. The molecule has 0 radical (unpaired) electrons. The van der Waals surface area contributed by atoms with Gasteiger partial charge in [0.25, 0.3) is 0 Å². The lowest BCUT2D eigenvalue weighted by Gasteiger charge is -2.29. The third-order valence-electron chi connectivity index (χ3n) is 4.45. The number of sulfonamides is 1. The summed E-state index contributed by atoms with van der Waals surface area (Å²) < 4.78 is 28.6. The molecule has 5 nitrogen and oxygen atoms in total. The van der Waals surface area contributed by atoms with Crippen LogP contribution in [0.15, 0.2) is 40.6 Å². The van der Waals surface area contributed by atoms with Gasteiger partial charge in [0.05, 0.1) is 16.5 Å². The second-order valence-electron chi connectivity index (χ2n) is 6.52. The van der Waals surface area contributed by atoms with Crippen LogP contribution >= 0.6 is 22.9 Å². The summed E-state index contributed by atoms with van der Waals surface area (Å²) in [6.07, 6.45) is -0.225. The monoisotopic (exact) mass is 416 g/mol. The Hall–Kier alpha value is -1.12. The zero-order valence-electron chi connectivity index (χ0n) is 15.3. The first-order valence-corrected chi connectivity index (χ1v) is 11.1. The van der Waals surface area contributed by atoms with Crippen molar-refractivity contribution < 1.29 is 13.5 Å². The largest absolute Gasteiger partial charge is 0.387 e. The van der Waals surface area contributed by atoms with Crippen molar-refractivity contribution in [2.75, 3.05) is 19.0 Å². The third kappa shape index (κ3) is 4.98. The molecule has 0 saturated heterocycles. The Balaban J connectivity index is 2.29. The van der Waals surface area contributed by atoms with E-state index >= 15 is 0 Å². The highest BCUT2D eigenvalue weighted by molar-refractivity contribution is 7.91. The SMILES string of the molecule is CCC(C)[C@H](NS(=O)(=O)c1ccc(Cl)s1)C(O)c1ccc(N(C)C)cc1. The molecule has 144 valence electrons. The van der Waals surface area contributed by atoms with Gasteiger partial charge in [0.15, 0.2) is 0 Å². The average molecular weight is 417 g/mol. The molecule has 1 aromatic heterocycles. The summed E-state index contributed by atoms with van der Waals surface area (Å²) in [6, 6.07) is 9.84. The Labute approximate surface area is 164 Å². The number of nitrogens with one attached hydrogen (secondary N) is 1. The van der Waals surface area contributed by atoms with Gasteiger partial charge in [0.1, 0.15) is 4.21 Å². The number of nitrogens with zero attached hydrogens (tertiary/aromatic N) is 1. The molecule has 2 unspecified atom stereocenters. The first-order valence-electron chi connectivity index (χ1n) is 8.38. The van der Waals surface area contributed by atoms with Crippen LogP contribution in [0.3, 0.4) is 0 Å². The first kappa shape index (κ1) is 21.2. The minimum absolute atomic E-state index is 0.0521. The number of hydrogen-bond donors (Lipinski definition) is 2. The van der Waals surface area contributed by atoms with Crippen molar-refractivity contribution in [1.82, 2.24) is 4.72 Å². The summed E-state index contributed by atoms with van der Waals surface area (Å²) in [5.41, 5.74) is 1.68. The molecule has 3 atom stereocenters. The van der Waals surface area contributed by atoms with E-state index in [0.29, 0.717) is 9.90 Å². The van der Waals surface area contributed by atoms with E-state index in [9.17, 15) is 13.5 Å². The molecule has 1 aromatic carbocycles. The van der Waals surface area contributed by atoms with Gasteiger partial charge in [-0.1, -0.05) is 44.0 Å². The van der Waals surface area contributed by atoms with Crippen molar-refractivity contribution in [3.05, 3.63) is 46.3 Å². The Morgan fingerprint density at radius 2 is 1.81 bits per heavy atom. The normalized spacial score (nSPS) is 15.5. The second-order valence-corrected chi connectivity index (χ2v) is 10.2. The van der Waals surface area contributed by atoms with Crippen molar-refractivity contribution in [3.63, 3.8) is 0 Å². The van der Waals surface area contributed by atoms with Gasteiger partial charge in [0, 0.05) is 19.8 Å². The van der Waals surface area contributed by atoms with Crippen molar-refractivity contribution in [2.24, 2.45) is 5.92 Å². The summed E-state index contributed by atoms with van der Waals surface area (Å²) in [6.45, 7) is 3.89. The van der Waals surface area contributed by atoms with E-state index < -0.39 is 22.2 Å². The highest BCUT2D eigenvalue weighted by atomic mass is 35.5. The van der Waals surface area contributed by atoms with Crippen LogP contribution in [0, 0.1) is 5.92 Å². The van der Waals surface area contributed by atoms with Gasteiger partial charge in [0.2, 0.25) is 10.0 Å². The minimum Gasteiger partial charge on any atom is -0.387 e. The number of hydrogen-bond acceptors (Lipinski definition) is 5. The molecule has 2 N–H and O–H groups in total. The van der Waals surface area contributed by atoms with Gasteiger partial charge in [-0.25, -0.2) is 13.1 Å². The van der Waals surface area contributed by atoms with Crippen LogP contribution in [0.2, 0.25) is 4.34 Å². The fourth-order valence-corrected chi connectivity index (χ4v) is 5.45. The smallest absolute Gasteiger partial charge is 0.250 e. The van der Waals surface area contributed by atoms with Gasteiger partial charge in [-0.2, -0.15) is 0 Å². The number of anilines is 1. The van der Waals surface area contributed by atoms with E-state index in [1.807, 2.05) is 57.1 Å². The lowest BCUT2D eigenvalue weighted by molar-refractivity contribution is 0.112. The van der Waals surface area contributed by atoms with Crippen LogP contribution in [0.25, 0.3) is 0 Å². The summed E-state index contributed by atoms with van der Waals surface area (Å²) >= 11 is 6.86. The van der Waals surface area contributed by atoms with Gasteiger partial charge in [-0.15, -0.1) is 11.3 Å². The highest BCUT2D eigenvalue weighted by Gasteiger charge is 2.31. The lowest BCUT2D eigenvalue weighted by Crippen LogP contribution is -2.43. The zero-order chi connectivity index (χ0) is 19.5. The maximum Gasteiger partial charge on any atom is 0.250 e. The van der Waals surface area contributed by atoms with E-state index in [2.05, 4.69) is 4.72 Å². The van der Waals surface area contributed by atoms with Crippen LogP contribution < -0.4 is 9.62 Å². The van der Waals surface area contributed by atoms with E-state index in [1.165, 1.54) is 6.07 Å². The quantitative estimate of drug-likeness (QED) is 0.684. The van der Waals surface area contributed by atoms with E-state index in [1.54, 1.807) is 6.07 Å². The van der Waals surface area contributed by atoms with Gasteiger partial charge in [-0.3, -0.25) is 0 Å². The molecule has 0 aliphatic heterocycles. The van der Waals surface area contributed by atoms with Crippen molar-refractivity contribution in [1.29, 1.82) is 0 Å². The van der Waals surface area contributed by atoms with E-state index in [-0.39, 0.29) is 10.1 Å². The lowest BCUT2D eigenvalue weighted by atomic mass is 9.91. The summed E-state index contributed by atoms with van der Waals surface area (Å²) in [5.74, 6) is -0.0521. The summed E-state index contributed by atoms with van der Waals surface area (Å²) in [7, 11) is 0.124. The van der Waals surface area contributed by atoms with Crippen LogP contribution in [0.4, 0.5) is 5.69 Å². The number of benzene rings is 1. The van der Waals surface area contributed by atoms with Crippen LogP contribution in [-0.4, -0.2) is 33.7 Å². The molecule has 8 heteroatoms. The molecule has 26 heavy (non-hydrogen) atoms. The molecular weight excluding hydrogens is 392 g/mol. The van der Waals surface area contributed by atoms with E-state index in [4.69, 9.17) is 11.6 Å². The van der Waals surface area contributed by atoms with Crippen molar-refractivity contribution in [2.45, 2.75) is 36.6 Å². The van der Waals surface area contributed by atoms with Gasteiger partial charge >= 0.3 is 0 Å². The molecule has 0 spiro atoms. The van der Waals surface area contributed by atoms with Crippen molar-refractivity contribution >= 4 is 38.6 Å². The number of halogens is 1. The Morgan fingerprint density at radius 1 is 1.19 bits per heavy atom. The first-order chi connectivity index (χ1) is 12.2. The maximum atomic E-state index is 12.7. The Bertz CT molecular complexity index is 819. The molecular formula is C18H25ClN2O3S2. The molecule has 0 fully saturated rings.